The fourth-order valence-corrected chi connectivity index (χ4v) is 2.11. The molecule has 0 aromatic carbocycles. The third-order valence-corrected chi connectivity index (χ3v) is 3.17. The molecule has 2 aromatic rings. The van der Waals surface area contributed by atoms with Gasteiger partial charge in [0.15, 0.2) is 0 Å². The number of nitrogens with zero attached hydrogens (tertiary/aromatic N) is 2. The summed E-state index contributed by atoms with van der Waals surface area (Å²) >= 11 is 7.21. The van der Waals surface area contributed by atoms with E-state index < -0.39 is 0 Å². The fourth-order valence-electron chi connectivity index (χ4n) is 1.27. The van der Waals surface area contributed by atoms with E-state index >= 15 is 0 Å². The van der Waals surface area contributed by atoms with Crippen LogP contribution < -0.4 is 10.5 Å². The summed E-state index contributed by atoms with van der Waals surface area (Å²) < 4.78 is 5.34. The third kappa shape index (κ3) is 3.27. The van der Waals surface area contributed by atoms with E-state index in [9.17, 15) is 0 Å². The number of hydrogen-bond donors (Lipinski definition) is 1. The van der Waals surface area contributed by atoms with Gasteiger partial charge in [-0.3, -0.25) is 0 Å². The highest BCUT2D eigenvalue weighted by Gasteiger charge is 2.06. The van der Waals surface area contributed by atoms with Crippen LogP contribution in [0, 0.1) is 0 Å². The molecular weight excluding hydrogens is 270 g/mol. The Morgan fingerprint density at radius 2 is 2.06 bits per heavy atom. The van der Waals surface area contributed by atoms with Crippen molar-refractivity contribution < 1.29 is 4.74 Å². The molecule has 2 heterocycles. The Bertz CT molecular complexity index is 533. The first-order valence-electron chi connectivity index (χ1n) is 5.37. The Kier molecular flexibility index (Phi) is 4.28. The molecule has 0 bridgehead atoms. The van der Waals surface area contributed by atoms with Crippen LogP contribution >= 0.6 is 23.4 Å². The van der Waals surface area contributed by atoms with Crippen molar-refractivity contribution >= 4 is 29.1 Å². The zero-order chi connectivity index (χ0) is 13.0. The van der Waals surface area contributed by atoms with Crippen molar-refractivity contribution in [2.75, 3.05) is 12.3 Å². The van der Waals surface area contributed by atoms with Crippen molar-refractivity contribution in [1.82, 2.24) is 9.97 Å². The van der Waals surface area contributed by atoms with E-state index in [4.69, 9.17) is 22.1 Å². The minimum absolute atomic E-state index is 0.455. The van der Waals surface area contributed by atoms with E-state index in [-0.39, 0.29) is 0 Å². The monoisotopic (exact) mass is 281 g/mol. The van der Waals surface area contributed by atoms with E-state index in [2.05, 4.69) is 9.97 Å². The molecule has 4 nitrogen and oxygen atoms in total. The van der Waals surface area contributed by atoms with Crippen LogP contribution in [0.2, 0.25) is 5.02 Å². The zero-order valence-corrected chi connectivity index (χ0v) is 11.3. The summed E-state index contributed by atoms with van der Waals surface area (Å²) in [6.07, 6.45) is 1.60. The van der Waals surface area contributed by atoms with Gasteiger partial charge in [-0.2, -0.15) is 0 Å². The van der Waals surface area contributed by atoms with Crippen molar-refractivity contribution in [3.63, 3.8) is 0 Å². The lowest BCUT2D eigenvalue weighted by molar-refractivity contribution is 0.326. The predicted molar refractivity (Wildman–Crippen MR) is 73.2 cm³/mol. The largest absolute Gasteiger partial charge is 0.476 e. The smallest absolute Gasteiger partial charge is 0.238 e. The number of pyridine rings is 2. The molecule has 0 aliphatic carbocycles. The summed E-state index contributed by atoms with van der Waals surface area (Å²) in [6.45, 7) is 2.42. The first-order chi connectivity index (χ1) is 8.69. The van der Waals surface area contributed by atoms with Gasteiger partial charge in [-0.1, -0.05) is 11.6 Å². The predicted octanol–water partition coefficient (Wildman–Crippen LogP) is 3.26. The highest BCUT2D eigenvalue weighted by Crippen LogP contribution is 2.29. The Morgan fingerprint density at radius 3 is 2.72 bits per heavy atom. The lowest BCUT2D eigenvalue weighted by atomic mass is 10.4. The maximum absolute atomic E-state index is 5.78. The Balaban J connectivity index is 2.18. The summed E-state index contributed by atoms with van der Waals surface area (Å²) in [6, 6.07) is 7.23. The van der Waals surface area contributed by atoms with E-state index in [1.165, 1.54) is 11.8 Å². The highest BCUT2D eigenvalue weighted by molar-refractivity contribution is 7.99. The van der Waals surface area contributed by atoms with Gasteiger partial charge in [0.25, 0.3) is 0 Å². The molecule has 2 aromatic heterocycles. The van der Waals surface area contributed by atoms with Crippen LogP contribution in [-0.4, -0.2) is 16.6 Å². The van der Waals surface area contributed by atoms with Gasteiger partial charge in [-0.25, -0.2) is 9.97 Å². The van der Waals surface area contributed by atoms with E-state index in [0.717, 1.165) is 10.1 Å². The summed E-state index contributed by atoms with van der Waals surface area (Å²) in [5.74, 6) is 0.455. The van der Waals surface area contributed by atoms with Gasteiger partial charge in [0.05, 0.1) is 17.3 Å². The van der Waals surface area contributed by atoms with Gasteiger partial charge in [0.2, 0.25) is 5.88 Å². The molecule has 2 rings (SSSR count). The standard InChI is InChI=1S/C12H12ClN3OS/c1-2-17-12-9(14)4-6-11(16-12)18-10-5-3-8(13)7-15-10/h3-7H,2,14H2,1H3. The topological polar surface area (TPSA) is 61.0 Å². The number of nitrogen functional groups attached to an aromatic ring is 1. The van der Waals surface area contributed by atoms with Gasteiger partial charge in [0.1, 0.15) is 10.1 Å². The molecule has 0 atom stereocenters. The Morgan fingerprint density at radius 1 is 1.28 bits per heavy atom. The molecule has 0 fully saturated rings. The van der Waals surface area contributed by atoms with Crippen molar-refractivity contribution in [3.05, 3.63) is 35.5 Å². The summed E-state index contributed by atoms with van der Waals surface area (Å²) in [5, 5.41) is 2.21. The normalized spacial score (nSPS) is 10.3. The maximum atomic E-state index is 5.78. The average molecular weight is 282 g/mol. The SMILES string of the molecule is CCOc1nc(Sc2ccc(Cl)cn2)ccc1N. The zero-order valence-electron chi connectivity index (χ0n) is 9.76. The maximum Gasteiger partial charge on any atom is 0.238 e. The number of nitrogens with two attached hydrogens (primary N) is 1. The molecule has 0 saturated carbocycles. The second-order valence-electron chi connectivity index (χ2n) is 3.39. The molecule has 0 amide bonds. The molecule has 0 saturated heterocycles. The van der Waals surface area contributed by atoms with Crippen molar-refractivity contribution in [2.24, 2.45) is 0 Å². The molecule has 2 N–H and O–H groups in total. The van der Waals surface area contributed by atoms with Crippen LogP contribution in [0.25, 0.3) is 0 Å². The molecule has 0 aliphatic heterocycles. The first-order valence-corrected chi connectivity index (χ1v) is 6.57. The first kappa shape index (κ1) is 13.0. The van der Waals surface area contributed by atoms with Crippen LogP contribution in [-0.2, 0) is 0 Å². The van der Waals surface area contributed by atoms with E-state index in [0.29, 0.717) is 23.2 Å². The summed E-state index contributed by atoms with van der Waals surface area (Å²) in [7, 11) is 0. The van der Waals surface area contributed by atoms with Crippen LogP contribution in [0.15, 0.2) is 40.5 Å². The van der Waals surface area contributed by atoms with Gasteiger partial charge >= 0.3 is 0 Å². The van der Waals surface area contributed by atoms with Crippen LogP contribution in [0.3, 0.4) is 0 Å². The van der Waals surface area contributed by atoms with Crippen LogP contribution in [0.1, 0.15) is 6.92 Å². The highest BCUT2D eigenvalue weighted by atomic mass is 35.5. The second kappa shape index (κ2) is 5.93. The van der Waals surface area contributed by atoms with Gasteiger partial charge in [-0.15, -0.1) is 0 Å². The Hall–Kier alpha value is -1.46. The second-order valence-corrected chi connectivity index (χ2v) is 4.87. The molecule has 0 aliphatic rings. The lowest BCUT2D eigenvalue weighted by Crippen LogP contribution is -1.99. The molecule has 0 radical (unpaired) electrons. The number of ether oxygens (including phenoxy) is 1. The van der Waals surface area contributed by atoms with E-state index in [1.54, 1.807) is 18.3 Å². The van der Waals surface area contributed by atoms with Crippen molar-refractivity contribution in [3.8, 4) is 5.88 Å². The molecule has 0 spiro atoms. The number of hydrogen-bond acceptors (Lipinski definition) is 5. The van der Waals surface area contributed by atoms with Gasteiger partial charge in [0, 0.05) is 6.20 Å². The third-order valence-electron chi connectivity index (χ3n) is 2.05. The minimum Gasteiger partial charge on any atom is -0.476 e. The summed E-state index contributed by atoms with van der Waals surface area (Å²) in [4.78, 5) is 8.51. The molecule has 18 heavy (non-hydrogen) atoms. The summed E-state index contributed by atoms with van der Waals surface area (Å²) in [5.41, 5.74) is 6.29. The molecule has 0 unspecified atom stereocenters. The number of halogens is 1. The van der Waals surface area contributed by atoms with Crippen LogP contribution in [0.5, 0.6) is 5.88 Å². The van der Waals surface area contributed by atoms with Crippen molar-refractivity contribution in [2.45, 2.75) is 17.0 Å². The lowest BCUT2D eigenvalue weighted by Gasteiger charge is -2.07. The number of rotatable bonds is 4. The van der Waals surface area contributed by atoms with Crippen molar-refractivity contribution in [1.29, 1.82) is 0 Å². The van der Waals surface area contributed by atoms with Gasteiger partial charge < -0.3 is 10.5 Å². The Labute approximate surface area is 115 Å². The number of anilines is 1. The average Bonchev–Trinajstić information content (AvgIpc) is 2.37. The van der Waals surface area contributed by atoms with E-state index in [1.807, 2.05) is 19.1 Å². The molecule has 6 heteroatoms. The van der Waals surface area contributed by atoms with Gasteiger partial charge in [-0.05, 0) is 43.0 Å². The number of aromatic nitrogens is 2. The molecular formula is C12H12ClN3OS. The fraction of sp³-hybridized carbons (Fsp3) is 0.167. The molecule has 94 valence electrons. The minimum atomic E-state index is 0.455. The van der Waals surface area contributed by atoms with Crippen LogP contribution in [0.4, 0.5) is 5.69 Å². The quantitative estimate of drug-likeness (QED) is 0.932.